The third-order valence-electron chi connectivity index (χ3n) is 1.76. The van der Waals surface area contributed by atoms with E-state index < -0.39 is 5.97 Å². The molecule has 0 unspecified atom stereocenters. The maximum Gasteiger partial charge on any atom is 0.327 e. The first-order valence-electron chi connectivity index (χ1n) is 4.73. The lowest BCUT2D eigenvalue weighted by Crippen LogP contribution is -2.32. The molecule has 0 aromatic rings. The van der Waals surface area contributed by atoms with Crippen molar-refractivity contribution in [2.45, 2.75) is 19.8 Å². The first-order chi connectivity index (χ1) is 6.74. The number of carbonyl (C=O) groups is 1. The fraction of sp³-hybridized carbons (Fsp3) is 0.875. The van der Waals surface area contributed by atoms with E-state index in [0.29, 0.717) is 13.1 Å². The van der Waals surface area contributed by atoms with E-state index in [0.717, 1.165) is 13.0 Å². The van der Waals surface area contributed by atoms with Crippen molar-refractivity contribution in [3.8, 4) is 0 Å². The highest BCUT2D eigenvalue weighted by atomic mass is 16.7. The molecule has 6 nitrogen and oxygen atoms in total. The van der Waals surface area contributed by atoms with Gasteiger partial charge in [-0.1, -0.05) is 12.5 Å². The van der Waals surface area contributed by atoms with Crippen molar-refractivity contribution in [3.63, 3.8) is 0 Å². The molecule has 0 rings (SSSR count). The van der Waals surface area contributed by atoms with Crippen LogP contribution in [0.2, 0.25) is 0 Å². The van der Waals surface area contributed by atoms with Crippen molar-refractivity contribution in [1.82, 2.24) is 10.5 Å². The summed E-state index contributed by atoms with van der Waals surface area (Å²) in [5, 5.41) is 8.74. The van der Waals surface area contributed by atoms with Crippen molar-refractivity contribution in [3.05, 3.63) is 0 Å². The summed E-state index contributed by atoms with van der Waals surface area (Å²) in [6.07, 6.45) is 1.26. The van der Waals surface area contributed by atoms with Crippen LogP contribution in [0.3, 0.4) is 0 Å². The van der Waals surface area contributed by atoms with Crippen molar-refractivity contribution < 1.29 is 14.7 Å². The molecule has 0 aromatic carbocycles. The predicted octanol–water partition coefficient (Wildman–Crippen LogP) is -0.998. The van der Waals surface area contributed by atoms with Crippen LogP contribution in [-0.4, -0.2) is 42.2 Å². The van der Waals surface area contributed by atoms with Crippen molar-refractivity contribution in [1.29, 1.82) is 0 Å². The summed E-state index contributed by atoms with van der Waals surface area (Å²) in [5.41, 5.74) is 1.84. The number of nitrogens with zero attached hydrogens (tertiary/aromatic N) is 1. The summed E-state index contributed by atoms with van der Waals surface area (Å²) in [5.74, 6) is 4.41. The Balaban J connectivity index is 3.63. The Morgan fingerprint density at radius 2 is 2.21 bits per heavy atom. The van der Waals surface area contributed by atoms with Crippen LogP contribution in [0.4, 0.5) is 0 Å². The van der Waals surface area contributed by atoms with Gasteiger partial charge >= 0.3 is 5.97 Å². The number of hydrogen-bond acceptors (Lipinski definition) is 6. The van der Waals surface area contributed by atoms with Gasteiger partial charge in [-0.2, -0.15) is 0 Å². The third-order valence-corrected chi connectivity index (χ3v) is 1.76. The Hall–Kier alpha value is -0.690. The molecule has 0 radical (unpaired) electrons. The lowest BCUT2D eigenvalue weighted by molar-refractivity contribution is -0.151. The van der Waals surface area contributed by atoms with Gasteiger partial charge in [0.05, 0.1) is 13.0 Å². The molecule has 0 aliphatic heterocycles. The molecule has 0 bridgehead atoms. The molecule has 0 amide bonds. The summed E-state index contributed by atoms with van der Waals surface area (Å²) in [6, 6.07) is 0. The van der Waals surface area contributed by atoms with Gasteiger partial charge in [-0.15, -0.1) is 0 Å². The predicted molar refractivity (Wildman–Crippen MR) is 51.8 cm³/mol. The maximum absolute atomic E-state index is 10.9. The lowest BCUT2D eigenvalue weighted by Gasteiger charge is -2.19. The standard InChI is InChI=1S/C8H19N3O3/c1-2-4-11(6-7-12)5-3-8(13)14-10-9/h10,12H,2-7,9H2,1H3. The van der Waals surface area contributed by atoms with Gasteiger partial charge in [-0.25, -0.2) is 5.84 Å². The summed E-state index contributed by atoms with van der Waals surface area (Å²) in [7, 11) is 0. The number of aliphatic hydroxyl groups excluding tert-OH is 1. The van der Waals surface area contributed by atoms with Crippen LogP contribution in [-0.2, 0) is 9.63 Å². The van der Waals surface area contributed by atoms with Crippen molar-refractivity contribution >= 4 is 5.97 Å². The fourth-order valence-electron chi connectivity index (χ4n) is 1.16. The van der Waals surface area contributed by atoms with Crippen LogP contribution in [0, 0.1) is 0 Å². The minimum Gasteiger partial charge on any atom is -0.395 e. The summed E-state index contributed by atoms with van der Waals surface area (Å²) < 4.78 is 0. The van der Waals surface area contributed by atoms with Crippen LogP contribution in [0.25, 0.3) is 0 Å². The van der Waals surface area contributed by atoms with E-state index in [9.17, 15) is 4.79 Å². The van der Waals surface area contributed by atoms with Crippen LogP contribution in [0.15, 0.2) is 0 Å². The third kappa shape index (κ3) is 6.79. The quantitative estimate of drug-likeness (QED) is 0.348. The molecule has 0 heterocycles. The number of hydrazine groups is 1. The lowest BCUT2D eigenvalue weighted by atomic mass is 10.3. The van der Waals surface area contributed by atoms with Gasteiger partial charge < -0.3 is 14.8 Å². The average Bonchev–Trinajstić information content (AvgIpc) is 2.15. The number of nitrogens with two attached hydrogens (primary N) is 1. The number of nitrogens with one attached hydrogen (secondary N) is 1. The SMILES string of the molecule is CCCN(CCO)CCC(=O)ONN. The molecule has 4 N–H and O–H groups in total. The van der Waals surface area contributed by atoms with Gasteiger partial charge in [-0.05, 0) is 13.0 Å². The highest BCUT2D eigenvalue weighted by Crippen LogP contribution is 1.94. The minimum atomic E-state index is -0.397. The Morgan fingerprint density at radius 3 is 2.71 bits per heavy atom. The number of carbonyl (C=O) groups excluding carboxylic acids is 1. The second-order valence-electron chi connectivity index (χ2n) is 2.91. The highest BCUT2D eigenvalue weighted by Gasteiger charge is 2.07. The fourth-order valence-corrected chi connectivity index (χ4v) is 1.16. The number of aliphatic hydroxyl groups is 1. The van der Waals surface area contributed by atoms with Crippen LogP contribution in [0.5, 0.6) is 0 Å². The zero-order chi connectivity index (χ0) is 10.8. The van der Waals surface area contributed by atoms with Gasteiger partial charge in [-0.3, -0.25) is 4.79 Å². The first-order valence-corrected chi connectivity index (χ1v) is 4.73. The van der Waals surface area contributed by atoms with Gasteiger partial charge in [0.15, 0.2) is 0 Å². The Labute approximate surface area is 83.9 Å². The Kier molecular flexibility index (Phi) is 8.45. The van der Waals surface area contributed by atoms with Gasteiger partial charge in [0.2, 0.25) is 0 Å². The molecule has 0 fully saturated rings. The number of hydrogen-bond donors (Lipinski definition) is 3. The molecule has 0 aliphatic rings. The molecule has 0 saturated heterocycles. The van der Waals surface area contributed by atoms with E-state index in [2.05, 4.69) is 4.84 Å². The Bertz CT molecular complexity index is 149. The molecule has 14 heavy (non-hydrogen) atoms. The van der Waals surface area contributed by atoms with Gasteiger partial charge in [0.1, 0.15) is 0 Å². The largest absolute Gasteiger partial charge is 0.395 e. The normalized spacial score (nSPS) is 10.6. The van der Waals surface area contributed by atoms with Crippen LogP contribution in [0.1, 0.15) is 19.8 Å². The van der Waals surface area contributed by atoms with Crippen molar-refractivity contribution in [2.24, 2.45) is 5.84 Å². The molecular weight excluding hydrogens is 186 g/mol. The van der Waals surface area contributed by atoms with E-state index >= 15 is 0 Å². The summed E-state index contributed by atoms with van der Waals surface area (Å²) in [4.78, 5) is 17.2. The first kappa shape index (κ1) is 13.3. The topological polar surface area (TPSA) is 87.8 Å². The zero-order valence-electron chi connectivity index (χ0n) is 8.53. The molecule has 0 saturated carbocycles. The number of rotatable bonds is 8. The molecule has 0 aromatic heterocycles. The second-order valence-corrected chi connectivity index (χ2v) is 2.91. The van der Waals surface area contributed by atoms with E-state index in [1.807, 2.05) is 17.4 Å². The molecule has 84 valence electrons. The monoisotopic (exact) mass is 205 g/mol. The highest BCUT2D eigenvalue weighted by molar-refractivity contribution is 5.69. The van der Waals surface area contributed by atoms with E-state index in [-0.39, 0.29) is 13.0 Å². The van der Waals surface area contributed by atoms with Gasteiger partial charge in [0.25, 0.3) is 0 Å². The van der Waals surface area contributed by atoms with Gasteiger partial charge in [0, 0.05) is 13.1 Å². The van der Waals surface area contributed by atoms with Crippen LogP contribution >= 0.6 is 0 Å². The van der Waals surface area contributed by atoms with Crippen LogP contribution < -0.4 is 11.4 Å². The molecule has 0 atom stereocenters. The molecule has 0 spiro atoms. The minimum absolute atomic E-state index is 0.101. The molecule has 6 heteroatoms. The maximum atomic E-state index is 10.9. The Morgan fingerprint density at radius 1 is 1.50 bits per heavy atom. The smallest absolute Gasteiger partial charge is 0.327 e. The molecular formula is C8H19N3O3. The van der Waals surface area contributed by atoms with E-state index in [1.165, 1.54) is 0 Å². The zero-order valence-corrected chi connectivity index (χ0v) is 8.53. The molecule has 0 aliphatic carbocycles. The average molecular weight is 205 g/mol. The van der Waals surface area contributed by atoms with E-state index in [1.54, 1.807) is 0 Å². The summed E-state index contributed by atoms with van der Waals surface area (Å²) in [6.45, 7) is 4.17. The van der Waals surface area contributed by atoms with E-state index in [4.69, 9.17) is 10.9 Å². The summed E-state index contributed by atoms with van der Waals surface area (Å²) >= 11 is 0. The second kappa shape index (κ2) is 8.89. The van der Waals surface area contributed by atoms with Crippen molar-refractivity contribution in [2.75, 3.05) is 26.2 Å².